The van der Waals surface area contributed by atoms with Gasteiger partial charge in [0.2, 0.25) is 0 Å². The molecule has 1 aromatic carbocycles. The van der Waals surface area contributed by atoms with Crippen LogP contribution in [0.3, 0.4) is 0 Å². The molecule has 0 spiro atoms. The quantitative estimate of drug-likeness (QED) is 0.847. The van der Waals surface area contributed by atoms with Gasteiger partial charge in [-0.3, -0.25) is 4.79 Å². The number of aromatic amines is 1. The summed E-state index contributed by atoms with van der Waals surface area (Å²) in [4.78, 5) is 19.6. The second kappa shape index (κ2) is 6.76. The number of H-pyrrole nitrogens is 1. The molecular weight excluding hydrogens is 286 g/mol. The van der Waals surface area contributed by atoms with Gasteiger partial charge in [0.25, 0.3) is 5.91 Å². The number of ether oxygens (including phenoxy) is 3. The van der Waals surface area contributed by atoms with Crippen molar-refractivity contribution < 1.29 is 19.0 Å². The van der Waals surface area contributed by atoms with Gasteiger partial charge in [-0.2, -0.15) is 0 Å². The molecule has 2 heterocycles. The highest BCUT2D eigenvalue weighted by molar-refractivity contribution is 5.81. The summed E-state index contributed by atoms with van der Waals surface area (Å²) in [6.07, 6.45) is 0.115. The number of fused-ring (bicyclic) bond motifs is 1. The third kappa shape index (κ3) is 3.37. The molecule has 0 aliphatic carbocycles. The van der Waals surface area contributed by atoms with Crippen LogP contribution in [0.1, 0.15) is 5.82 Å². The second-order valence-electron chi connectivity index (χ2n) is 5.04. The second-order valence-corrected chi connectivity index (χ2v) is 5.04. The van der Waals surface area contributed by atoms with Crippen molar-refractivity contribution in [2.24, 2.45) is 0 Å². The van der Waals surface area contributed by atoms with Crippen LogP contribution in [-0.2, 0) is 20.7 Å². The van der Waals surface area contributed by atoms with Gasteiger partial charge in [0.1, 0.15) is 11.6 Å². The van der Waals surface area contributed by atoms with Gasteiger partial charge in [-0.05, 0) is 12.1 Å². The Morgan fingerprint density at radius 3 is 3.18 bits per heavy atom. The van der Waals surface area contributed by atoms with Crippen LogP contribution in [0, 0.1) is 0 Å². The van der Waals surface area contributed by atoms with Crippen molar-refractivity contribution in [3.63, 3.8) is 0 Å². The van der Waals surface area contributed by atoms with Crippen LogP contribution in [0.4, 0.5) is 0 Å². The smallest absolute Gasteiger partial charge is 0.251 e. The van der Waals surface area contributed by atoms with Gasteiger partial charge < -0.3 is 24.5 Å². The first kappa shape index (κ1) is 14.8. The first-order valence-electron chi connectivity index (χ1n) is 7.26. The minimum atomic E-state index is -0.506. The maximum atomic E-state index is 11.9. The zero-order valence-electron chi connectivity index (χ0n) is 12.4. The van der Waals surface area contributed by atoms with E-state index < -0.39 is 6.10 Å². The van der Waals surface area contributed by atoms with Gasteiger partial charge >= 0.3 is 0 Å². The molecule has 0 radical (unpaired) electrons. The largest absolute Gasteiger partial charge is 0.497 e. The summed E-state index contributed by atoms with van der Waals surface area (Å²) in [6, 6.07) is 5.67. The van der Waals surface area contributed by atoms with Gasteiger partial charge in [-0.15, -0.1) is 0 Å². The third-order valence-electron chi connectivity index (χ3n) is 3.51. The molecule has 118 valence electrons. The van der Waals surface area contributed by atoms with Crippen LogP contribution < -0.4 is 10.1 Å². The molecule has 22 heavy (non-hydrogen) atoms. The molecule has 1 atom stereocenters. The molecule has 3 rings (SSSR count). The molecule has 1 fully saturated rings. The minimum absolute atomic E-state index is 0.141. The number of nitrogens with zero attached hydrogens (tertiary/aromatic N) is 1. The highest BCUT2D eigenvalue weighted by atomic mass is 16.6. The maximum Gasteiger partial charge on any atom is 0.251 e. The molecule has 1 saturated heterocycles. The summed E-state index contributed by atoms with van der Waals surface area (Å²) < 4.78 is 15.7. The van der Waals surface area contributed by atoms with E-state index >= 15 is 0 Å². The molecule has 0 unspecified atom stereocenters. The molecule has 7 heteroatoms. The average molecular weight is 305 g/mol. The maximum absolute atomic E-state index is 11.9. The number of hydrogen-bond donors (Lipinski definition) is 2. The van der Waals surface area contributed by atoms with Gasteiger partial charge in [0.15, 0.2) is 6.10 Å². The molecule has 0 saturated carbocycles. The Bertz CT molecular complexity index is 649. The Labute approximate surface area is 128 Å². The Morgan fingerprint density at radius 2 is 2.41 bits per heavy atom. The Balaban J connectivity index is 1.53. The van der Waals surface area contributed by atoms with Gasteiger partial charge in [-0.25, -0.2) is 4.98 Å². The van der Waals surface area contributed by atoms with E-state index in [1.165, 1.54) is 0 Å². The van der Waals surface area contributed by atoms with E-state index in [9.17, 15) is 4.79 Å². The van der Waals surface area contributed by atoms with Crippen molar-refractivity contribution in [2.45, 2.75) is 12.5 Å². The lowest BCUT2D eigenvalue weighted by Crippen LogP contribution is -2.43. The normalized spacial score (nSPS) is 18.3. The lowest BCUT2D eigenvalue weighted by Gasteiger charge is -2.21. The molecule has 0 bridgehead atoms. The number of rotatable bonds is 5. The number of carbonyl (C=O) groups is 1. The molecule has 1 aromatic heterocycles. The lowest BCUT2D eigenvalue weighted by atomic mass is 10.3. The van der Waals surface area contributed by atoms with E-state index in [1.54, 1.807) is 7.11 Å². The fourth-order valence-electron chi connectivity index (χ4n) is 2.34. The topological polar surface area (TPSA) is 85.5 Å². The zero-order chi connectivity index (χ0) is 15.4. The summed E-state index contributed by atoms with van der Waals surface area (Å²) in [5, 5.41) is 2.84. The van der Waals surface area contributed by atoms with Crippen molar-refractivity contribution in [1.29, 1.82) is 0 Å². The Kier molecular flexibility index (Phi) is 4.55. The van der Waals surface area contributed by atoms with E-state index in [0.29, 0.717) is 32.8 Å². The van der Waals surface area contributed by atoms with Crippen LogP contribution in [0.5, 0.6) is 5.75 Å². The average Bonchev–Trinajstić information content (AvgIpc) is 2.97. The predicted molar refractivity (Wildman–Crippen MR) is 79.9 cm³/mol. The van der Waals surface area contributed by atoms with Crippen LogP contribution in [-0.4, -0.2) is 55.5 Å². The number of aromatic nitrogens is 2. The van der Waals surface area contributed by atoms with E-state index in [1.807, 2.05) is 18.2 Å². The standard InChI is InChI=1S/C15H19N3O4/c1-20-10-2-3-11-12(8-10)18-14(17-11)4-5-16-15(19)13-9-21-6-7-22-13/h2-3,8,13H,4-7,9H2,1H3,(H,16,19)(H,17,18)/t13-/m0/s1. The minimum Gasteiger partial charge on any atom is -0.497 e. The van der Waals surface area contributed by atoms with Gasteiger partial charge in [0.05, 0.1) is 38.0 Å². The summed E-state index contributed by atoms with van der Waals surface area (Å²) in [6.45, 7) is 1.82. The summed E-state index contributed by atoms with van der Waals surface area (Å²) >= 11 is 0. The van der Waals surface area contributed by atoms with Crippen molar-refractivity contribution in [3.05, 3.63) is 24.0 Å². The molecule has 1 aliphatic rings. The van der Waals surface area contributed by atoms with E-state index in [-0.39, 0.29) is 5.91 Å². The fourth-order valence-corrected chi connectivity index (χ4v) is 2.34. The van der Waals surface area contributed by atoms with Gasteiger partial charge in [-0.1, -0.05) is 0 Å². The van der Waals surface area contributed by atoms with Crippen LogP contribution in [0.2, 0.25) is 0 Å². The highest BCUT2D eigenvalue weighted by Gasteiger charge is 2.22. The highest BCUT2D eigenvalue weighted by Crippen LogP contribution is 2.18. The van der Waals surface area contributed by atoms with Crippen molar-refractivity contribution in [2.75, 3.05) is 33.5 Å². The van der Waals surface area contributed by atoms with E-state index in [2.05, 4.69) is 15.3 Å². The summed E-state index contributed by atoms with van der Waals surface area (Å²) in [5.41, 5.74) is 1.80. The predicted octanol–water partition coefficient (Wildman–Crippen LogP) is 0.646. The van der Waals surface area contributed by atoms with Crippen LogP contribution in [0.15, 0.2) is 18.2 Å². The SMILES string of the molecule is COc1ccc2nc(CCNC(=O)[C@@H]3COCCO3)[nH]c2c1. The summed E-state index contributed by atoms with van der Waals surface area (Å²) in [7, 11) is 1.63. The van der Waals surface area contributed by atoms with Crippen LogP contribution in [0.25, 0.3) is 11.0 Å². The number of amides is 1. The zero-order valence-corrected chi connectivity index (χ0v) is 12.4. The Hall–Kier alpha value is -2.12. The van der Waals surface area contributed by atoms with E-state index in [0.717, 1.165) is 22.6 Å². The number of nitrogens with one attached hydrogen (secondary N) is 2. The molecule has 1 amide bonds. The fraction of sp³-hybridized carbons (Fsp3) is 0.467. The van der Waals surface area contributed by atoms with Gasteiger partial charge in [0, 0.05) is 19.0 Å². The number of methoxy groups -OCH3 is 1. The molecule has 7 nitrogen and oxygen atoms in total. The summed E-state index contributed by atoms with van der Waals surface area (Å²) in [5.74, 6) is 1.47. The Morgan fingerprint density at radius 1 is 1.50 bits per heavy atom. The monoisotopic (exact) mass is 305 g/mol. The number of benzene rings is 1. The number of hydrogen-bond acceptors (Lipinski definition) is 5. The molecule has 2 aromatic rings. The lowest BCUT2D eigenvalue weighted by molar-refractivity contribution is -0.147. The third-order valence-corrected chi connectivity index (χ3v) is 3.51. The van der Waals surface area contributed by atoms with E-state index in [4.69, 9.17) is 14.2 Å². The molecule has 1 aliphatic heterocycles. The first-order valence-corrected chi connectivity index (χ1v) is 7.26. The molecule has 2 N–H and O–H groups in total. The van der Waals surface area contributed by atoms with Crippen LogP contribution >= 0.6 is 0 Å². The number of imidazole rings is 1. The van der Waals surface area contributed by atoms with Crippen molar-refractivity contribution >= 4 is 16.9 Å². The number of carbonyl (C=O) groups excluding carboxylic acids is 1. The first-order chi connectivity index (χ1) is 10.8. The van der Waals surface area contributed by atoms with Crippen molar-refractivity contribution in [3.8, 4) is 5.75 Å². The molecular formula is C15H19N3O4. The van der Waals surface area contributed by atoms with Crippen molar-refractivity contribution in [1.82, 2.24) is 15.3 Å².